The minimum Gasteiger partial charge on any atom is -0.454 e. The SMILES string of the molecule is O[C@@H]1C[C@H]2CN(c3ccnc(-c4ccc5c(c4)OCO5)c3)C[C@H]2C[C@H]1n1cccn1. The van der Waals surface area contributed by atoms with Crippen LogP contribution in [-0.2, 0) is 0 Å². The molecule has 4 atom stereocenters. The van der Waals surface area contributed by atoms with Crippen LogP contribution in [0, 0.1) is 11.8 Å². The van der Waals surface area contributed by atoms with Crippen molar-refractivity contribution in [2.45, 2.75) is 25.0 Å². The standard InChI is InChI=1S/C23H24N4O3/c28-21-9-17-13-26(12-16(17)8-20(21)27-7-1-5-25-27)18-4-6-24-19(11-18)15-2-3-22-23(10-15)30-14-29-22/h1-7,10-11,16-17,20-21,28H,8-9,12-14H2/t16-,17+,20-,21-/m1/s1. The van der Waals surface area contributed by atoms with E-state index in [4.69, 9.17) is 9.47 Å². The van der Waals surface area contributed by atoms with E-state index in [-0.39, 0.29) is 18.9 Å². The quantitative estimate of drug-likeness (QED) is 0.723. The van der Waals surface area contributed by atoms with Crippen molar-refractivity contribution in [2.24, 2.45) is 11.8 Å². The lowest BCUT2D eigenvalue weighted by Gasteiger charge is -2.35. The van der Waals surface area contributed by atoms with Gasteiger partial charge in [0.1, 0.15) is 0 Å². The maximum Gasteiger partial charge on any atom is 0.231 e. The Labute approximate surface area is 174 Å². The molecule has 1 saturated heterocycles. The highest BCUT2D eigenvalue weighted by molar-refractivity contribution is 5.68. The first-order chi connectivity index (χ1) is 14.7. The van der Waals surface area contributed by atoms with Gasteiger partial charge in [0.25, 0.3) is 0 Å². The van der Waals surface area contributed by atoms with Crippen molar-refractivity contribution in [3.8, 4) is 22.8 Å². The predicted molar refractivity (Wildman–Crippen MR) is 111 cm³/mol. The zero-order valence-electron chi connectivity index (χ0n) is 16.6. The number of aromatic nitrogens is 3. The maximum absolute atomic E-state index is 10.7. The molecule has 4 heterocycles. The van der Waals surface area contributed by atoms with E-state index >= 15 is 0 Å². The van der Waals surface area contributed by atoms with Crippen LogP contribution in [0.3, 0.4) is 0 Å². The lowest BCUT2D eigenvalue weighted by molar-refractivity contribution is 0.0306. The van der Waals surface area contributed by atoms with Crippen LogP contribution in [-0.4, -0.2) is 45.9 Å². The van der Waals surface area contributed by atoms with Crippen LogP contribution < -0.4 is 14.4 Å². The molecule has 0 radical (unpaired) electrons. The summed E-state index contributed by atoms with van der Waals surface area (Å²) in [6.07, 6.45) is 7.07. The van der Waals surface area contributed by atoms with Crippen molar-refractivity contribution in [3.63, 3.8) is 0 Å². The van der Waals surface area contributed by atoms with E-state index in [2.05, 4.69) is 27.1 Å². The third-order valence-electron chi connectivity index (χ3n) is 6.75. The summed E-state index contributed by atoms with van der Waals surface area (Å²) in [5.74, 6) is 2.62. The number of hydrogen-bond acceptors (Lipinski definition) is 6. The van der Waals surface area contributed by atoms with E-state index in [1.54, 1.807) is 6.20 Å². The van der Waals surface area contributed by atoms with Gasteiger partial charge >= 0.3 is 0 Å². The largest absolute Gasteiger partial charge is 0.454 e. The molecule has 0 amide bonds. The van der Waals surface area contributed by atoms with Crippen molar-refractivity contribution in [1.82, 2.24) is 14.8 Å². The summed E-state index contributed by atoms with van der Waals surface area (Å²) in [7, 11) is 0. The molecule has 1 aliphatic carbocycles. The van der Waals surface area contributed by atoms with Gasteiger partial charge in [-0.25, -0.2) is 0 Å². The molecule has 2 aromatic heterocycles. The second-order valence-electron chi connectivity index (χ2n) is 8.48. The van der Waals surface area contributed by atoms with Crippen molar-refractivity contribution in [3.05, 3.63) is 55.0 Å². The molecule has 7 heteroatoms. The van der Waals surface area contributed by atoms with Crippen LogP contribution in [0.1, 0.15) is 18.9 Å². The molecule has 6 rings (SSSR count). The van der Waals surface area contributed by atoms with Crippen molar-refractivity contribution in [2.75, 3.05) is 24.8 Å². The van der Waals surface area contributed by atoms with Crippen molar-refractivity contribution < 1.29 is 14.6 Å². The third kappa shape index (κ3) is 3.01. The van der Waals surface area contributed by atoms with Crippen LogP contribution >= 0.6 is 0 Å². The lowest BCUT2D eigenvalue weighted by Crippen LogP contribution is -2.36. The molecule has 7 nitrogen and oxygen atoms in total. The van der Waals surface area contributed by atoms with E-state index in [0.717, 1.165) is 48.7 Å². The van der Waals surface area contributed by atoms with E-state index in [1.807, 2.05) is 41.3 Å². The average Bonchev–Trinajstić information content (AvgIpc) is 3.52. The van der Waals surface area contributed by atoms with Gasteiger partial charge in [-0.05, 0) is 61.1 Å². The Morgan fingerprint density at radius 2 is 1.83 bits per heavy atom. The highest BCUT2D eigenvalue weighted by Gasteiger charge is 2.42. The van der Waals surface area contributed by atoms with Gasteiger partial charge in [-0.3, -0.25) is 9.67 Å². The number of aliphatic hydroxyl groups is 1. The number of benzene rings is 1. The number of pyridine rings is 1. The van der Waals surface area contributed by atoms with Gasteiger partial charge in [0.2, 0.25) is 6.79 Å². The summed E-state index contributed by atoms with van der Waals surface area (Å²) >= 11 is 0. The smallest absolute Gasteiger partial charge is 0.231 e. The topological polar surface area (TPSA) is 72.6 Å². The minimum absolute atomic E-state index is 0.0721. The first-order valence-electron chi connectivity index (χ1n) is 10.5. The number of fused-ring (bicyclic) bond motifs is 2. The summed E-state index contributed by atoms with van der Waals surface area (Å²) in [5.41, 5.74) is 3.12. The van der Waals surface area contributed by atoms with Gasteiger partial charge in [-0.15, -0.1) is 0 Å². The molecule has 3 aromatic rings. The van der Waals surface area contributed by atoms with Crippen LogP contribution in [0.4, 0.5) is 5.69 Å². The minimum atomic E-state index is -0.340. The normalized spacial score (nSPS) is 27.3. The predicted octanol–water partition coefficient (Wildman–Crippen LogP) is 3.12. The summed E-state index contributed by atoms with van der Waals surface area (Å²) in [6.45, 7) is 2.24. The lowest BCUT2D eigenvalue weighted by atomic mass is 9.77. The Kier molecular flexibility index (Phi) is 4.16. The Morgan fingerprint density at radius 3 is 2.70 bits per heavy atom. The monoisotopic (exact) mass is 404 g/mol. The fourth-order valence-corrected chi connectivity index (χ4v) is 5.21. The summed E-state index contributed by atoms with van der Waals surface area (Å²) in [6, 6.07) is 12.2. The van der Waals surface area contributed by atoms with E-state index in [9.17, 15) is 5.11 Å². The van der Waals surface area contributed by atoms with Gasteiger partial charge in [0.05, 0.1) is 17.8 Å². The molecule has 1 aromatic carbocycles. The van der Waals surface area contributed by atoms with Crippen LogP contribution in [0.25, 0.3) is 11.3 Å². The molecule has 2 fully saturated rings. The van der Waals surface area contributed by atoms with Crippen LogP contribution in [0.5, 0.6) is 11.5 Å². The number of ether oxygens (including phenoxy) is 2. The molecule has 3 aliphatic rings. The number of rotatable bonds is 3. The molecule has 30 heavy (non-hydrogen) atoms. The summed E-state index contributed by atoms with van der Waals surface area (Å²) in [4.78, 5) is 7.02. The number of nitrogens with zero attached hydrogens (tertiary/aromatic N) is 4. The Bertz CT molecular complexity index is 1050. The Hall–Kier alpha value is -3.06. The van der Waals surface area contributed by atoms with Crippen molar-refractivity contribution in [1.29, 1.82) is 0 Å². The molecule has 1 saturated carbocycles. The van der Waals surface area contributed by atoms with Gasteiger partial charge < -0.3 is 19.5 Å². The number of anilines is 1. The average molecular weight is 404 g/mol. The summed E-state index contributed by atoms with van der Waals surface area (Å²) in [5, 5.41) is 15.1. The first-order valence-corrected chi connectivity index (χ1v) is 10.5. The van der Waals surface area contributed by atoms with Gasteiger partial charge in [0.15, 0.2) is 11.5 Å². The molecule has 0 unspecified atom stereocenters. The van der Waals surface area contributed by atoms with Gasteiger partial charge in [-0.2, -0.15) is 5.10 Å². The third-order valence-corrected chi connectivity index (χ3v) is 6.75. The number of hydrogen-bond donors (Lipinski definition) is 1. The first kappa shape index (κ1) is 17.8. The molecular formula is C23H24N4O3. The second-order valence-corrected chi connectivity index (χ2v) is 8.48. The molecule has 2 aliphatic heterocycles. The van der Waals surface area contributed by atoms with E-state index in [1.165, 1.54) is 5.69 Å². The Morgan fingerprint density at radius 1 is 0.967 bits per heavy atom. The molecule has 154 valence electrons. The molecular weight excluding hydrogens is 380 g/mol. The highest BCUT2D eigenvalue weighted by Crippen LogP contribution is 2.43. The zero-order valence-corrected chi connectivity index (χ0v) is 16.6. The molecule has 1 N–H and O–H groups in total. The highest BCUT2D eigenvalue weighted by atomic mass is 16.7. The Balaban J connectivity index is 1.22. The van der Waals surface area contributed by atoms with Crippen LogP contribution in [0.2, 0.25) is 0 Å². The van der Waals surface area contributed by atoms with E-state index < -0.39 is 0 Å². The molecule has 0 spiro atoms. The zero-order chi connectivity index (χ0) is 20.1. The fraction of sp³-hybridized carbons (Fsp3) is 0.391. The van der Waals surface area contributed by atoms with E-state index in [0.29, 0.717) is 11.8 Å². The number of aliphatic hydroxyl groups excluding tert-OH is 1. The second kappa shape index (κ2) is 7.02. The van der Waals surface area contributed by atoms with Crippen molar-refractivity contribution >= 4 is 5.69 Å². The fourth-order valence-electron chi connectivity index (χ4n) is 5.21. The van der Waals surface area contributed by atoms with Crippen LogP contribution in [0.15, 0.2) is 55.0 Å². The molecule has 0 bridgehead atoms. The summed E-state index contributed by atoms with van der Waals surface area (Å²) < 4.78 is 12.9. The van der Waals surface area contributed by atoms with Gasteiger partial charge in [-0.1, -0.05) is 0 Å². The van der Waals surface area contributed by atoms with Gasteiger partial charge in [0, 0.05) is 42.9 Å². The maximum atomic E-state index is 10.7.